The number of aromatic amines is 4. The van der Waals surface area contributed by atoms with E-state index in [1.54, 1.807) is 0 Å². The van der Waals surface area contributed by atoms with Gasteiger partial charge in [0.25, 0.3) is 11.1 Å². The van der Waals surface area contributed by atoms with E-state index in [1.165, 1.54) is 29.9 Å². The maximum absolute atomic E-state index is 13.8. The fourth-order valence-electron chi connectivity index (χ4n) is 6.60. The van der Waals surface area contributed by atoms with Crippen LogP contribution in [0.5, 0.6) is 0 Å². The summed E-state index contributed by atoms with van der Waals surface area (Å²) in [5.41, 5.74) is 8.37. The summed E-state index contributed by atoms with van der Waals surface area (Å²) in [6.07, 6.45) is -9.90. The zero-order chi connectivity index (χ0) is 50.6. The molecule has 4 aromatic rings. The van der Waals surface area contributed by atoms with Crippen molar-refractivity contribution in [1.82, 2.24) is 48.8 Å². The van der Waals surface area contributed by atoms with Crippen molar-refractivity contribution in [3.63, 3.8) is 0 Å². The van der Waals surface area contributed by atoms with Gasteiger partial charge in [-0.05, 0) is 0 Å². The van der Waals surface area contributed by atoms with Crippen LogP contribution in [0.3, 0.4) is 0 Å². The second-order valence-electron chi connectivity index (χ2n) is 14.7. The normalized spacial score (nSPS) is 26.3. The van der Waals surface area contributed by atoms with Crippen molar-refractivity contribution < 1.29 is 89.9 Å². The fraction of sp³-hybridized carbons (Fsp3) is 0.467. The molecule has 2 aliphatic rings. The Bertz CT molecular complexity index is 2890. The highest BCUT2D eigenvalue weighted by molar-refractivity contribution is 7.67. The number of H-pyrrole nitrogens is 4. The van der Waals surface area contributed by atoms with Gasteiger partial charge in [0.1, 0.15) is 30.4 Å². The molecule has 2 saturated heterocycles. The number of esters is 2. The van der Waals surface area contributed by atoms with E-state index < -0.39 is 140 Å². The molecule has 0 spiro atoms. The van der Waals surface area contributed by atoms with E-state index in [2.05, 4.69) is 19.9 Å². The molecule has 0 bridgehead atoms. The average molecular weight is 1060 g/mol. The molecule has 35 nitrogen and oxygen atoms in total. The Labute approximate surface area is 382 Å². The molecule has 3 unspecified atom stereocenters. The third-order valence-electron chi connectivity index (χ3n) is 9.55. The van der Waals surface area contributed by atoms with Gasteiger partial charge in [-0.1, -0.05) is 0 Å². The Hall–Kier alpha value is -4.96. The van der Waals surface area contributed by atoms with Crippen molar-refractivity contribution in [3.8, 4) is 0 Å². The minimum absolute atomic E-state index is 0.167. The smallest absolute Gasteiger partial charge is 0.412 e. The van der Waals surface area contributed by atoms with Gasteiger partial charge < -0.3 is 70.0 Å². The molecular weight excluding hydrogens is 1020 g/mol. The quantitative estimate of drug-likeness (QED) is 0.0258. The van der Waals surface area contributed by atoms with Crippen LogP contribution in [-0.2, 0) is 73.2 Å². The van der Waals surface area contributed by atoms with E-state index in [4.69, 9.17) is 44.0 Å². The summed E-state index contributed by atoms with van der Waals surface area (Å²) in [5.74, 6) is -2.53. The predicted molar refractivity (Wildman–Crippen MR) is 221 cm³/mol. The molecule has 0 radical (unpaired) electrons. The Kier molecular flexibility index (Phi) is 16.7. The highest BCUT2D eigenvalue weighted by atomic mass is 31.3. The second kappa shape index (κ2) is 21.6. The van der Waals surface area contributed by atoms with Crippen LogP contribution in [-0.4, -0.2) is 142 Å². The number of ether oxygens (including phenoxy) is 4. The Morgan fingerprint density at radius 2 is 1.14 bits per heavy atom. The van der Waals surface area contributed by atoms with Crippen LogP contribution in [0.15, 0.2) is 68.8 Å². The van der Waals surface area contributed by atoms with Crippen molar-refractivity contribution in [3.05, 3.63) is 103 Å². The van der Waals surface area contributed by atoms with Crippen LogP contribution in [0.25, 0.3) is 0 Å². The topological polar surface area (TPSA) is 532 Å². The molecule has 6 rings (SSSR count). The molecule has 2 aliphatic heterocycles. The molecule has 0 aliphatic carbocycles. The molecular formula is C30H42N12O23P4. The lowest BCUT2D eigenvalue weighted by Gasteiger charge is -2.28. The summed E-state index contributed by atoms with van der Waals surface area (Å²) < 4.78 is 89.6. The van der Waals surface area contributed by atoms with Gasteiger partial charge in [-0.25, -0.2) is 37.8 Å². The SMILES string of the molecule is N[C@@H](Cc1cnc[nH]1)C(=O)O[C@H]1[C@@H](O)[C@H](n2ccc(=O)[nH]c2=O)O[C@@H]1COP(=O)(O)NP(=O)(O)O[C@@H]1[C@H](OC(=O)[C@@H](N)Cc2cnc[nH]2)[C@@H](COP(=O)(O)NP(=O)(O)O)O[C@H]1n1ccc(=O)[nH]c1=O. The number of carbonyl (C=O) groups is 2. The van der Waals surface area contributed by atoms with Crippen molar-refractivity contribution in [2.24, 2.45) is 11.5 Å². The van der Waals surface area contributed by atoms with Crippen LogP contribution in [0.2, 0.25) is 0 Å². The summed E-state index contributed by atoms with van der Waals surface area (Å²) in [6, 6.07) is -1.41. The molecule has 16 N–H and O–H groups in total. The van der Waals surface area contributed by atoms with Gasteiger partial charge >= 0.3 is 54.3 Å². The van der Waals surface area contributed by atoms with Gasteiger partial charge in [0.15, 0.2) is 30.8 Å². The van der Waals surface area contributed by atoms with E-state index in [9.17, 15) is 76.6 Å². The van der Waals surface area contributed by atoms with Gasteiger partial charge in [-0.3, -0.25) is 51.9 Å². The summed E-state index contributed by atoms with van der Waals surface area (Å²) in [7, 11) is -22.7. The number of hydrogen-bond acceptors (Lipinski definition) is 22. The van der Waals surface area contributed by atoms with Crippen molar-refractivity contribution in [2.75, 3.05) is 13.2 Å². The monoisotopic (exact) mass is 1060 g/mol. The maximum atomic E-state index is 13.8. The van der Waals surface area contributed by atoms with Gasteiger partial charge in [0.2, 0.25) is 0 Å². The largest absolute Gasteiger partial charge is 0.455 e. The standard InChI is InChI=1S/C30H42N12O23P4/c31-15(5-13-7-33-11-35-13)27(46)63-22-17(61-25(21(22)45)41-3-1-19(43)37-29(41)48)9-60-68(55,56)40-69(57,58)65-24-23(64-28(47)16(32)6-14-8-34-12-36-14)18(10-59-67(53,54)39-66(50,51)52)62-26(24)42-4-2-20(44)38-30(42)49/h1-4,7-8,11-12,15-18,21-26,45H,5-6,9-10,31-32H2,(H,33,35)(H,34,36)(H,37,43,48)(H,38,44,49)(H3,40,55,56,57,58)(H4,39,50,51,52,53,54)/t15-,16-,17+,18+,21+,22+,23+,24+,25+,26+/m0/s1. The van der Waals surface area contributed by atoms with E-state index >= 15 is 0 Å². The average Bonchev–Trinajstić information content (AvgIpc) is 4.05. The van der Waals surface area contributed by atoms with Gasteiger partial charge in [0, 0.05) is 61.1 Å². The Morgan fingerprint density at radius 1 is 0.696 bits per heavy atom. The molecule has 2 fully saturated rings. The summed E-state index contributed by atoms with van der Waals surface area (Å²) in [4.78, 5) is 145. The fourth-order valence-corrected chi connectivity index (χ4v) is 11.1. The lowest BCUT2D eigenvalue weighted by atomic mass is 10.1. The lowest BCUT2D eigenvalue weighted by Crippen LogP contribution is -2.45. The van der Waals surface area contributed by atoms with Crippen molar-refractivity contribution >= 4 is 42.9 Å². The number of aromatic nitrogens is 8. The molecule has 4 aromatic heterocycles. The number of imidazole rings is 2. The van der Waals surface area contributed by atoms with Gasteiger partial charge in [0.05, 0.1) is 25.9 Å². The first-order valence-corrected chi connectivity index (χ1v) is 25.6. The molecule has 0 saturated carbocycles. The number of rotatable bonds is 22. The second-order valence-corrected chi connectivity index (χ2v) is 21.2. The third kappa shape index (κ3) is 14.3. The first kappa shape index (κ1) is 53.4. The first-order chi connectivity index (χ1) is 32.2. The van der Waals surface area contributed by atoms with E-state index in [1.807, 2.05) is 9.97 Å². The number of nitrogens with two attached hydrogens (primary N) is 2. The van der Waals surface area contributed by atoms with E-state index in [-0.39, 0.29) is 18.5 Å². The van der Waals surface area contributed by atoms with Crippen LogP contribution in [0.4, 0.5) is 0 Å². The highest BCUT2D eigenvalue weighted by Crippen LogP contribution is 2.55. The number of aliphatic hydroxyl groups is 1. The Balaban J connectivity index is 1.26. The van der Waals surface area contributed by atoms with E-state index in [0.717, 1.165) is 29.4 Å². The number of carbonyl (C=O) groups excluding carboxylic acids is 2. The molecule has 380 valence electrons. The third-order valence-corrected chi connectivity index (χ3v) is 15.1. The number of hydrogen-bond donors (Lipinski definition) is 14. The number of aliphatic hydroxyl groups excluding tert-OH is 1. The molecule has 6 heterocycles. The minimum Gasteiger partial charge on any atom is -0.455 e. The summed E-state index contributed by atoms with van der Waals surface area (Å²) in [6.45, 7) is -2.53. The van der Waals surface area contributed by atoms with Crippen molar-refractivity contribution in [1.29, 1.82) is 0 Å². The first-order valence-electron chi connectivity index (χ1n) is 19.3. The minimum atomic E-state index is -5.96. The van der Waals surface area contributed by atoms with E-state index in [0.29, 0.717) is 14.8 Å². The van der Waals surface area contributed by atoms with Gasteiger partial charge in [-0.2, -0.15) is 0 Å². The molecule has 0 aromatic carbocycles. The van der Waals surface area contributed by atoms with Crippen LogP contribution < -0.4 is 43.7 Å². The van der Waals surface area contributed by atoms with Crippen molar-refractivity contribution in [2.45, 2.75) is 74.0 Å². The molecule has 13 atom stereocenters. The zero-order valence-electron chi connectivity index (χ0n) is 34.6. The van der Waals surface area contributed by atoms with Gasteiger partial charge in [-0.15, -0.1) is 9.72 Å². The molecule has 0 amide bonds. The summed E-state index contributed by atoms with van der Waals surface area (Å²) >= 11 is 0. The Morgan fingerprint density at radius 3 is 1.61 bits per heavy atom. The number of nitrogens with one attached hydrogen (secondary N) is 6. The summed E-state index contributed by atoms with van der Waals surface area (Å²) in [5, 5.41) is 11.2. The number of nitrogens with zero attached hydrogens (tertiary/aromatic N) is 4. The maximum Gasteiger partial charge on any atom is 0.412 e. The zero-order valence-corrected chi connectivity index (χ0v) is 38.2. The van der Waals surface area contributed by atoms with Crippen LogP contribution in [0.1, 0.15) is 23.8 Å². The predicted octanol–water partition coefficient (Wildman–Crippen LogP) is -5.36. The van der Waals surface area contributed by atoms with Crippen LogP contribution in [0, 0.1) is 0 Å². The molecule has 39 heteroatoms. The molecule has 69 heavy (non-hydrogen) atoms. The van der Waals surface area contributed by atoms with Crippen LogP contribution >= 0.6 is 31.0 Å². The lowest BCUT2D eigenvalue weighted by molar-refractivity contribution is -0.158. The highest BCUT2D eigenvalue weighted by Gasteiger charge is 2.54.